The first-order valence-electron chi connectivity index (χ1n) is 11.3. The van der Waals surface area contributed by atoms with Crippen molar-refractivity contribution in [2.24, 2.45) is 0 Å². The summed E-state index contributed by atoms with van der Waals surface area (Å²) in [5.41, 5.74) is 6.11. The van der Waals surface area contributed by atoms with Gasteiger partial charge < -0.3 is 4.52 Å². The molecule has 3 aromatic heterocycles. The molecule has 33 heavy (non-hydrogen) atoms. The van der Waals surface area contributed by atoms with Gasteiger partial charge in [-0.1, -0.05) is 62.0 Å². The van der Waals surface area contributed by atoms with E-state index in [0.717, 1.165) is 34.9 Å². The van der Waals surface area contributed by atoms with Crippen molar-refractivity contribution in [1.82, 2.24) is 29.9 Å². The van der Waals surface area contributed by atoms with E-state index in [1.807, 2.05) is 22.9 Å². The van der Waals surface area contributed by atoms with E-state index in [9.17, 15) is 0 Å². The van der Waals surface area contributed by atoms with Crippen molar-refractivity contribution in [2.75, 3.05) is 0 Å². The fraction of sp³-hybridized carbons (Fsp3) is 0.400. The first kappa shape index (κ1) is 21.8. The molecule has 1 aliphatic rings. The Labute approximate surface area is 198 Å². The van der Waals surface area contributed by atoms with Crippen LogP contribution in [0.5, 0.6) is 0 Å². The lowest BCUT2D eigenvalue weighted by molar-refractivity contribution is 0.391. The van der Waals surface area contributed by atoms with Gasteiger partial charge in [-0.2, -0.15) is 10.1 Å². The summed E-state index contributed by atoms with van der Waals surface area (Å²) in [6.07, 6.45) is 6.18. The van der Waals surface area contributed by atoms with Crippen LogP contribution < -0.4 is 0 Å². The van der Waals surface area contributed by atoms with E-state index >= 15 is 0 Å². The third-order valence-corrected chi connectivity index (χ3v) is 6.96. The van der Waals surface area contributed by atoms with Crippen LogP contribution in [0, 0.1) is 6.92 Å². The van der Waals surface area contributed by atoms with Crippen molar-refractivity contribution in [3.05, 3.63) is 65.1 Å². The quantitative estimate of drug-likeness (QED) is 0.288. The summed E-state index contributed by atoms with van der Waals surface area (Å²) >= 11 is 1.55. The second-order valence-electron chi connectivity index (χ2n) is 9.47. The van der Waals surface area contributed by atoms with Gasteiger partial charge in [0.2, 0.25) is 11.7 Å². The molecular weight excluding hydrogens is 432 g/mol. The summed E-state index contributed by atoms with van der Waals surface area (Å²) < 4.78 is 7.48. The molecule has 0 unspecified atom stereocenters. The summed E-state index contributed by atoms with van der Waals surface area (Å²) in [6, 6.07) is 10.3. The Bertz CT molecular complexity index is 1270. The summed E-state index contributed by atoms with van der Waals surface area (Å²) in [6.45, 7) is 8.69. The summed E-state index contributed by atoms with van der Waals surface area (Å²) in [4.78, 5) is 13.5. The van der Waals surface area contributed by atoms with Crippen LogP contribution in [0.25, 0.3) is 17.2 Å². The Kier molecular flexibility index (Phi) is 5.78. The lowest BCUT2D eigenvalue weighted by Crippen LogP contribution is -2.10. The van der Waals surface area contributed by atoms with Gasteiger partial charge in [0.25, 0.3) is 0 Å². The van der Waals surface area contributed by atoms with Crippen LogP contribution in [-0.4, -0.2) is 29.9 Å². The predicted molar refractivity (Wildman–Crippen MR) is 129 cm³/mol. The number of rotatable bonds is 5. The van der Waals surface area contributed by atoms with Crippen molar-refractivity contribution < 1.29 is 4.52 Å². The zero-order valence-electron chi connectivity index (χ0n) is 19.5. The molecule has 0 atom stereocenters. The van der Waals surface area contributed by atoms with Gasteiger partial charge in [0.15, 0.2) is 5.82 Å². The fourth-order valence-electron chi connectivity index (χ4n) is 4.18. The molecule has 0 radical (unpaired) electrons. The SMILES string of the molecule is Cc1nn(-c2cc(SCc3nc(-c4ccc(C(C)(C)C)cc4)no3)ncn2)c2c1CCCC2. The minimum atomic E-state index is 0.113. The highest BCUT2D eigenvalue weighted by atomic mass is 32.2. The predicted octanol–water partition coefficient (Wildman–Crippen LogP) is 5.49. The smallest absolute Gasteiger partial charge is 0.237 e. The van der Waals surface area contributed by atoms with Crippen molar-refractivity contribution in [2.45, 2.75) is 69.6 Å². The second kappa shape index (κ2) is 8.74. The van der Waals surface area contributed by atoms with Crippen molar-refractivity contribution in [3.8, 4) is 17.2 Å². The topological polar surface area (TPSA) is 82.5 Å². The zero-order chi connectivity index (χ0) is 23.0. The molecule has 170 valence electrons. The van der Waals surface area contributed by atoms with E-state index in [2.05, 4.69) is 59.9 Å². The Morgan fingerprint density at radius 3 is 2.64 bits per heavy atom. The van der Waals surface area contributed by atoms with Gasteiger partial charge in [-0.25, -0.2) is 14.6 Å². The minimum absolute atomic E-state index is 0.113. The maximum atomic E-state index is 5.49. The molecule has 5 rings (SSSR count). The number of hydrogen-bond acceptors (Lipinski definition) is 7. The van der Waals surface area contributed by atoms with Crippen LogP contribution in [0.4, 0.5) is 0 Å². The first-order valence-corrected chi connectivity index (χ1v) is 12.3. The summed E-state index contributed by atoms with van der Waals surface area (Å²) in [5, 5.41) is 9.77. The molecule has 1 aliphatic carbocycles. The molecule has 8 heteroatoms. The summed E-state index contributed by atoms with van der Waals surface area (Å²) in [7, 11) is 0. The number of aryl methyl sites for hydroxylation is 1. The van der Waals surface area contributed by atoms with Crippen LogP contribution in [0.1, 0.15) is 62.0 Å². The fourth-order valence-corrected chi connectivity index (χ4v) is 4.88. The van der Waals surface area contributed by atoms with Gasteiger partial charge >= 0.3 is 0 Å². The van der Waals surface area contributed by atoms with Gasteiger partial charge in [0.05, 0.1) is 11.4 Å². The van der Waals surface area contributed by atoms with Gasteiger partial charge in [-0.15, -0.1) is 0 Å². The van der Waals surface area contributed by atoms with Crippen LogP contribution >= 0.6 is 11.8 Å². The molecule has 0 saturated carbocycles. The summed E-state index contributed by atoms with van der Waals surface area (Å²) in [5.74, 6) is 2.53. The highest BCUT2D eigenvalue weighted by molar-refractivity contribution is 7.98. The molecule has 0 spiro atoms. The zero-order valence-corrected chi connectivity index (χ0v) is 20.3. The maximum absolute atomic E-state index is 5.49. The van der Waals surface area contributed by atoms with Crippen LogP contribution in [0.15, 0.2) is 46.2 Å². The van der Waals surface area contributed by atoms with Gasteiger partial charge in [-0.05, 0) is 49.1 Å². The molecule has 0 fully saturated rings. The van der Waals surface area contributed by atoms with E-state index in [-0.39, 0.29) is 5.41 Å². The molecule has 0 N–H and O–H groups in total. The third kappa shape index (κ3) is 4.57. The van der Waals surface area contributed by atoms with Gasteiger partial charge in [0, 0.05) is 17.3 Å². The molecule has 0 saturated heterocycles. The Balaban J connectivity index is 1.29. The lowest BCUT2D eigenvalue weighted by atomic mass is 9.87. The Morgan fingerprint density at radius 2 is 1.85 bits per heavy atom. The van der Waals surface area contributed by atoms with E-state index in [4.69, 9.17) is 9.62 Å². The average Bonchev–Trinajstić information content (AvgIpc) is 3.43. The monoisotopic (exact) mass is 460 g/mol. The number of hydrogen-bond donors (Lipinski definition) is 0. The third-order valence-electron chi connectivity index (χ3n) is 6.05. The average molecular weight is 461 g/mol. The normalized spacial score (nSPS) is 13.8. The Morgan fingerprint density at radius 1 is 1.06 bits per heavy atom. The number of benzene rings is 1. The minimum Gasteiger partial charge on any atom is -0.338 e. The maximum Gasteiger partial charge on any atom is 0.237 e. The molecule has 7 nitrogen and oxygen atoms in total. The highest BCUT2D eigenvalue weighted by Gasteiger charge is 2.20. The Hall–Kier alpha value is -3.00. The number of aromatic nitrogens is 6. The molecule has 0 amide bonds. The number of thioether (sulfide) groups is 1. The standard InChI is InChI=1S/C25H28N6OS/c1-16-19-7-5-6-8-20(19)31(29-16)21-13-23(27-15-26-21)33-14-22-28-24(30-32-22)17-9-11-18(12-10-17)25(2,3)4/h9-13,15H,5-8,14H2,1-4H3. The van der Waals surface area contributed by atoms with Crippen molar-refractivity contribution in [3.63, 3.8) is 0 Å². The van der Waals surface area contributed by atoms with E-state index in [0.29, 0.717) is 17.5 Å². The number of nitrogens with zero attached hydrogens (tertiary/aromatic N) is 6. The van der Waals surface area contributed by atoms with Gasteiger partial charge in [0.1, 0.15) is 11.4 Å². The molecule has 0 bridgehead atoms. The molecule has 0 aliphatic heterocycles. The molecule has 4 aromatic rings. The van der Waals surface area contributed by atoms with E-state index in [1.165, 1.54) is 29.7 Å². The van der Waals surface area contributed by atoms with Crippen LogP contribution in [-0.2, 0) is 24.0 Å². The molecule has 1 aromatic carbocycles. The highest BCUT2D eigenvalue weighted by Crippen LogP contribution is 2.28. The van der Waals surface area contributed by atoms with Crippen molar-refractivity contribution in [1.29, 1.82) is 0 Å². The molecule has 3 heterocycles. The van der Waals surface area contributed by atoms with Gasteiger partial charge in [-0.3, -0.25) is 0 Å². The largest absolute Gasteiger partial charge is 0.338 e. The second-order valence-corrected chi connectivity index (χ2v) is 10.5. The molecular formula is C25H28N6OS. The lowest BCUT2D eigenvalue weighted by Gasteiger charge is -2.18. The van der Waals surface area contributed by atoms with E-state index in [1.54, 1.807) is 18.1 Å². The van der Waals surface area contributed by atoms with E-state index < -0.39 is 0 Å². The number of fused-ring (bicyclic) bond motifs is 1. The van der Waals surface area contributed by atoms with Crippen LogP contribution in [0.2, 0.25) is 0 Å². The first-order chi connectivity index (χ1) is 15.9. The van der Waals surface area contributed by atoms with Crippen molar-refractivity contribution >= 4 is 11.8 Å². The van der Waals surface area contributed by atoms with Crippen LogP contribution in [0.3, 0.4) is 0 Å².